The molecule has 0 bridgehead atoms. The summed E-state index contributed by atoms with van der Waals surface area (Å²) >= 11 is 1.51. The Morgan fingerprint density at radius 1 is 1.75 bits per heavy atom. The average molecular weight is 183 g/mol. The van der Waals surface area contributed by atoms with E-state index >= 15 is 0 Å². The third-order valence-electron chi connectivity index (χ3n) is 1.26. The Morgan fingerprint density at radius 2 is 2.50 bits per heavy atom. The van der Waals surface area contributed by atoms with Gasteiger partial charge in [0.2, 0.25) is 0 Å². The van der Waals surface area contributed by atoms with Gasteiger partial charge in [0.15, 0.2) is 0 Å². The van der Waals surface area contributed by atoms with Gasteiger partial charge in [0.05, 0.1) is 7.11 Å². The number of nitrogens with two attached hydrogens (primary N) is 1. The maximum atomic E-state index is 10.8. The molecule has 2 N–H and O–H groups in total. The molecule has 0 unspecified atom stereocenters. The van der Waals surface area contributed by atoms with E-state index in [2.05, 4.69) is 4.74 Å². The second-order valence-corrected chi connectivity index (χ2v) is 3.09. The van der Waals surface area contributed by atoms with Crippen LogP contribution in [0.5, 0.6) is 0 Å². The third-order valence-corrected chi connectivity index (χ3v) is 2.08. The van der Waals surface area contributed by atoms with Crippen molar-refractivity contribution < 1.29 is 9.53 Å². The maximum absolute atomic E-state index is 10.8. The molecular formula is C8H9NO2S. The molecule has 0 saturated heterocycles. The van der Waals surface area contributed by atoms with E-state index in [1.807, 2.05) is 17.5 Å². The Morgan fingerprint density at radius 3 is 3.00 bits per heavy atom. The first-order chi connectivity index (χ1) is 5.74. The molecule has 0 radical (unpaired) electrons. The Labute approximate surface area is 74.5 Å². The summed E-state index contributed by atoms with van der Waals surface area (Å²) in [5.74, 6) is -0.497. The van der Waals surface area contributed by atoms with Crippen LogP contribution in [0.2, 0.25) is 0 Å². The van der Waals surface area contributed by atoms with Crippen molar-refractivity contribution in [3.63, 3.8) is 0 Å². The van der Waals surface area contributed by atoms with E-state index < -0.39 is 5.97 Å². The largest absolute Gasteiger partial charge is 0.464 e. The topological polar surface area (TPSA) is 52.3 Å². The van der Waals surface area contributed by atoms with Crippen LogP contribution in [-0.2, 0) is 9.53 Å². The van der Waals surface area contributed by atoms with E-state index in [0.29, 0.717) is 0 Å². The molecule has 0 aliphatic carbocycles. The molecule has 0 aliphatic heterocycles. The summed E-state index contributed by atoms with van der Waals surface area (Å²) in [5.41, 5.74) is 5.54. The minimum absolute atomic E-state index is 0.125. The van der Waals surface area contributed by atoms with Crippen LogP contribution in [0.15, 0.2) is 23.2 Å². The van der Waals surface area contributed by atoms with Crippen LogP contribution in [0.25, 0.3) is 6.08 Å². The number of thiophene rings is 1. The van der Waals surface area contributed by atoms with E-state index in [-0.39, 0.29) is 5.70 Å². The van der Waals surface area contributed by atoms with Crippen LogP contribution in [-0.4, -0.2) is 13.1 Å². The minimum atomic E-state index is -0.497. The summed E-state index contributed by atoms with van der Waals surface area (Å²) in [6.45, 7) is 0. The van der Waals surface area contributed by atoms with Crippen molar-refractivity contribution in [2.24, 2.45) is 5.73 Å². The first-order valence-corrected chi connectivity index (χ1v) is 4.21. The number of ether oxygens (including phenoxy) is 1. The second kappa shape index (κ2) is 3.92. The average Bonchev–Trinajstić information content (AvgIpc) is 2.55. The van der Waals surface area contributed by atoms with Gasteiger partial charge in [0, 0.05) is 4.88 Å². The number of rotatable bonds is 2. The van der Waals surface area contributed by atoms with Crippen LogP contribution >= 0.6 is 11.3 Å². The van der Waals surface area contributed by atoms with Crippen molar-refractivity contribution in [1.82, 2.24) is 0 Å². The second-order valence-electron chi connectivity index (χ2n) is 2.11. The number of hydrogen-bond donors (Lipinski definition) is 1. The summed E-state index contributed by atoms with van der Waals surface area (Å²) in [6.07, 6.45) is 1.59. The molecule has 0 aliphatic rings. The van der Waals surface area contributed by atoms with Crippen LogP contribution in [0.3, 0.4) is 0 Å². The zero-order chi connectivity index (χ0) is 8.97. The predicted molar refractivity (Wildman–Crippen MR) is 48.5 cm³/mol. The predicted octanol–water partition coefficient (Wildman–Crippen LogP) is 1.22. The summed E-state index contributed by atoms with van der Waals surface area (Å²) in [4.78, 5) is 11.8. The monoisotopic (exact) mass is 183 g/mol. The van der Waals surface area contributed by atoms with Gasteiger partial charge < -0.3 is 10.5 Å². The lowest BCUT2D eigenvalue weighted by Gasteiger charge is -1.96. The molecule has 1 heterocycles. The first-order valence-electron chi connectivity index (χ1n) is 3.33. The smallest absolute Gasteiger partial charge is 0.353 e. The SMILES string of the molecule is COC(=O)/C(N)=C/c1cccs1. The highest BCUT2D eigenvalue weighted by Gasteiger charge is 2.03. The molecule has 0 spiro atoms. The van der Waals surface area contributed by atoms with Gasteiger partial charge in [0.25, 0.3) is 0 Å². The molecule has 1 aromatic heterocycles. The molecule has 64 valence electrons. The third kappa shape index (κ3) is 2.10. The zero-order valence-electron chi connectivity index (χ0n) is 6.61. The minimum Gasteiger partial charge on any atom is -0.464 e. The zero-order valence-corrected chi connectivity index (χ0v) is 7.43. The van der Waals surface area contributed by atoms with E-state index in [0.717, 1.165) is 4.88 Å². The van der Waals surface area contributed by atoms with Crippen LogP contribution in [0.4, 0.5) is 0 Å². The summed E-state index contributed by atoms with van der Waals surface area (Å²) in [5, 5.41) is 1.91. The van der Waals surface area contributed by atoms with Crippen molar-refractivity contribution in [2.75, 3.05) is 7.11 Å². The van der Waals surface area contributed by atoms with Gasteiger partial charge in [-0.1, -0.05) is 6.07 Å². The highest BCUT2D eigenvalue weighted by Crippen LogP contribution is 2.11. The molecule has 0 atom stereocenters. The van der Waals surface area contributed by atoms with Gasteiger partial charge in [-0.3, -0.25) is 0 Å². The van der Waals surface area contributed by atoms with E-state index in [4.69, 9.17) is 5.73 Å². The molecule has 0 fully saturated rings. The molecule has 3 nitrogen and oxygen atoms in total. The normalized spacial score (nSPS) is 11.2. The summed E-state index contributed by atoms with van der Waals surface area (Å²) in [6, 6.07) is 3.77. The lowest BCUT2D eigenvalue weighted by Crippen LogP contribution is -2.11. The molecule has 1 aromatic rings. The van der Waals surface area contributed by atoms with Gasteiger partial charge in [-0.25, -0.2) is 4.79 Å². The quantitative estimate of drug-likeness (QED) is 0.554. The number of esters is 1. The van der Waals surface area contributed by atoms with Crippen molar-refractivity contribution in [3.8, 4) is 0 Å². The number of methoxy groups -OCH3 is 1. The Balaban J connectivity index is 2.76. The Kier molecular flexibility index (Phi) is 2.88. The van der Waals surface area contributed by atoms with Crippen LogP contribution in [0.1, 0.15) is 4.88 Å². The molecule has 12 heavy (non-hydrogen) atoms. The summed E-state index contributed by atoms with van der Waals surface area (Å²) < 4.78 is 4.43. The van der Waals surface area contributed by atoms with E-state index in [9.17, 15) is 4.79 Å². The molecule has 4 heteroatoms. The van der Waals surface area contributed by atoms with Crippen molar-refractivity contribution in [2.45, 2.75) is 0 Å². The van der Waals surface area contributed by atoms with E-state index in [1.165, 1.54) is 18.4 Å². The highest BCUT2D eigenvalue weighted by atomic mass is 32.1. The number of carbonyl (C=O) groups is 1. The Hall–Kier alpha value is -1.29. The fourth-order valence-corrected chi connectivity index (χ4v) is 1.37. The lowest BCUT2D eigenvalue weighted by atomic mass is 10.3. The lowest BCUT2D eigenvalue weighted by molar-refractivity contribution is -0.136. The first kappa shape index (κ1) is 8.80. The maximum Gasteiger partial charge on any atom is 0.353 e. The molecular weight excluding hydrogens is 174 g/mol. The standard InChI is InChI=1S/C8H9NO2S/c1-11-8(10)7(9)5-6-3-2-4-12-6/h2-5H,9H2,1H3/b7-5-. The molecule has 0 amide bonds. The van der Waals surface area contributed by atoms with Gasteiger partial charge >= 0.3 is 5.97 Å². The van der Waals surface area contributed by atoms with Gasteiger partial charge in [-0.2, -0.15) is 0 Å². The Bertz CT molecular complexity index is 290. The fraction of sp³-hybridized carbons (Fsp3) is 0.125. The summed E-state index contributed by atoms with van der Waals surface area (Å²) in [7, 11) is 1.30. The fourth-order valence-electron chi connectivity index (χ4n) is 0.703. The number of carbonyl (C=O) groups excluding carboxylic acids is 1. The van der Waals surface area contributed by atoms with Crippen molar-refractivity contribution in [3.05, 3.63) is 28.1 Å². The van der Waals surface area contributed by atoms with Crippen LogP contribution in [0, 0.1) is 0 Å². The van der Waals surface area contributed by atoms with Crippen LogP contribution < -0.4 is 5.73 Å². The van der Waals surface area contributed by atoms with E-state index in [1.54, 1.807) is 6.08 Å². The van der Waals surface area contributed by atoms with Gasteiger partial charge in [-0.15, -0.1) is 11.3 Å². The molecule has 1 rings (SSSR count). The van der Waals surface area contributed by atoms with Gasteiger partial charge in [-0.05, 0) is 17.5 Å². The van der Waals surface area contributed by atoms with Crippen molar-refractivity contribution in [1.29, 1.82) is 0 Å². The highest BCUT2D eigenvalue weighted by molar-refractivity contribution is 7.10. The van der Waals surface area contributed by atoms with Crippen molar-refractivity contribution >= 4 is 23.4 Å². The molecule has 0 aromatic carbocycles. The van der Waals surface area contributed by atoms with Gasteiger partial charge in [0.1, 0.15) is 5.70 Å². The molecule has 0 saturated carbocycles. The number of hydrogen-bond acceptors (Lipinski definition) is 4.